The molecule has 92 valence electrons. The van der Waals surface area contributed by atoms with Crippen LogP contribution in [0.15, 0.2) is 0 Å². The summed E-state index contributed by atoms with van der Waals surface area (Å²) >= 11 is 0. The molecular weight excluding hydrogens is 214 g/mol. The zero-order valence-corrected chi connectivity index (χ0v) is 11.0. The van der Waals surface area contributed by atoms with Gasteiger partial charge in [0, 0.05) is 12.6 Å². The Hall–Kier alpha value is -0.130. The first-order valence-electron chi connectivity index (χ1n) is 5.21. The van der Waals surface area contributed by atoms with E-state index in [4.69, 9.17) is 4.74 Å². The summed E-state index contributed by atoms with van der Waals surface area (Å²) in [6.45, 7) is 7.20. The van der Waals surface area contributed by atoms with Crippen molar-refractivity contribution >= 4 is 9.84 Å². The molecule has 0 fully saturated rings. The molecule has 0 unspecified atom stereocenters. The van der Waals surface area contributed by atoms with Gasteiger partial charge in [-0.15, -0.1) is 0 Å². The van der Waals surface area contributed by atoms with Gasteiger partial charge in [0.25, 0.3) is 0 Å². The van der Waals surface area contributed by atoms with Crippen LogP contribution in [0.4, 0.5) is 0 Å². The molecule has 0 saturated heterocycles. The van der Waals surface area contributed by atoms with Gasteiger partial charge in [0.15, 0.2) is 9.84 Å². The van der Waals surface area contributed by atoms with Crippen LogP contribution in [0, 0.1) is 0 Å². The SMILES string of the molecule is COCCS(=O)(=O)CCCNC(C)(C)C. The molecule has 0 spiro atoms. The Morgan fingerprint density at radius 1 is 1.20 bits per heavy atom. The Kier molecular flexibility index (Phi) is 6.40. The molecule has 0 aliphatic rings. The molecule has 15 heavy (non-hydrogen) atoms. The second kappa shape index (κ2) is 6.45. The summed E-state index contributed by atoms with van der Waals surface area (Å²) in [5, 5.41) is 3.25. The van der Waals surface area contributed by atoms with E-state index in [-0.39, 0.29) is 23.7 Å². The molecule has 0 amide bonds. The number of rotatable bonds is 7. The topological polar surface area (TPSA) is 55.4 Å². The molecule has 0 aromatic carbocycles. The Labute approximate surface area is 93.3 Å². The fourth-order valence-electron chi connectivity index (χ4n) is 1.07. The maximum atomic E-state index is 11.4. The van der Waals surface area contributed by atoms with Crippen LogP contribution < -0.4 is 5.32 Å². The molecule has 0 aliphatic carbocycles. The number of nitrogens with one attached hydrogen (secondary N) is 1. The largest absolute Gasteiger partial charge is 0.384 e. The first-order valence-corrected chi connectivity index (χ1v) is 7.03. The van der Waals surface area contributed by atoms with Crippen LogP contribution in [0.3, 0.4) is 0 Å². The highest BCUT2D eigenvalue weighted by Crippen LogP contribution is 1.99. The van der Waals surface area contributed by atoms with Crippen molar-refractivity contribution in [1.82, 2.24) is 5.32 Å². The lowest BCUT2D eigenvalue weighted by Crippen LogP contribution is -2.37. The molecule has 0 saturated carbocycles. The molecular formula is C10H23NO3S. The van der Waals surface area contributed by atoms with Gasteiger partial charge in [0.2, 0.25) is 0 Å². The molecule has 0 aromatic heterocycles. The Bertz CT molecular complexity index is 254. The summed E-state index contributed by atoms with van der Waals surface area (Å²) in [7, 11) is -1.42. The van der Waals surface area contributed by atoms with Gasteiger partial charge in [-0.3, -0.25) is 0 Å². The van der Waals surface area contributed by atoms with Gasteiger partial charge in [0.05, 0.1) is 18.1 Å². The smallest absolute Gasteiger partial charge is 0.152 e. The van der Waals surface area contributed by atoms with E-state index in [0.717, 1.165) is 6.54 Å². The summed E-state index contributed by atoms with van der Waals surface area (Å²) in [4.78, 5) is 0. The molecule has 0 bridgehead atoms. The van der Waals surface area contributed by atoms with Gasteiger partial charge in [-0.1, -0.05) is 0 Å². The van der Waals surface area contributed by atoms with Crippen molar-refractivity contribution in [2.24, 2.45) is 0 Å². The maximum absolute atomic E-state index is 11.4. The number of hydrogen-bond acceptors (Lipinski definition) is 4. The molecule has 0 rings (SSSR count). The first-order chi connectivity index (χ1) is 6.77. The normalized spacial score (nSPS) is 13.1. The zero-order chi connectivity index (χ0) is 11.9. The summed E-state index contributed by atoms with van der Waals surface area (Å²) in [5.74, 6) is 0.360. The van der Waals surface area contributed by atoms with Gasteiger partial charge in [0.1, 0.15) is 0 Å². The van der Waals surface area contributed by atoms with E-state index in [9.17, 15) is 8.42 Å². The van der Waals surface area contributed by atoms with Crippen molar-refractivity contribution in [2.75, 3.05) is 31.8 Å². The second-order valence-electron chi connectivity index (χ2n) is 4.67. The van der Waals surface area contributed by atoms with Crippen molar-refractivity contribution in [3.05, 3.63) is 0 Å². The molecule has 0 aliphatic heterocycles. The predicted molar refractivity (Wildman–Crippen MR) is 62.9 cm³/mol. The summed E-state index contributed by atoms with van der Waals surface area (Å²) < 4.78 is 27.6. The third-order valence-electron chi connectivity index (χ3n) is 1.89. The van der Waals surface area contributed by atoms with Crippen molar-refractivity contribution in [1.29, 1.82) is 0 Å². The minimum Gasteiger partial charge on any atom is -0.384 e. The van der Waals surface area contributed by atoms with Crippen LogP contribution >= 0.6 is 0 Å². The zero-order valence-electron chi connectivity index (χ0n) is 10.2. The molecule has 5 heteroatoms. The van der Waals surface area contributed by atoms with E-state index in [2.05, 4.69) is 26.1 Å². The van der Waals surface area contributed by atoms with Crippen LogP contribution in [0.25, 0.3) is 0 Å². The van der Waals surface area contributed by atoms with Crippen molar-refractivity contribution in [2.45, 2.75) is 32.7 Å². The summed E-state index contributed by atoms with van der Waals surface area (Å²) in [6, 6.07) is 0. The lowest BCUT2D eigenvalue weighted by atomic mass is 10.1. The molecule has 0 heterocycles. The first kappa shape index (κ1) is 14.9. The lowest BCUT2D eigenvalue weighted by molar-refractivity contribution is 0.217. The van der Waals surface area contributed by atoms with Gasteiger partial charge in [-0.05, 0) is 33.7 Å². The minimum absolute atomic E-state index is 0.0519. The quantitative estimate of drug-likeness (QED) is 0.666. The van der Waals surface area contributed by atoms with Crippen molar-refractivity contribution in [3.8, 4) is 0 Å². The molecule has 0 aromatic rings. The van der Waals surface area contributed by atoms with Crippen molar-refractivity contribution < 1.29 is 13.2 Å². The third kappa shape index (κ3) is 10.2. The number of methoxy groups -OCH3 is 1. The molecule has 4 nitrogen and oxygen atoms in total. The Morgan fingerprint density at radius 2 is 1.80 bits per heavy atom. The number of hydrogen-bond donors (Lipinski definition) is 1. The molecule has 0 atom stereocenters. The van der Waals surface area contributed by atoms with Crippen LogP contribution in [-0.2, 0) is 14.6 Å². The highest BCUT2D eigenvalue weighted by Gasteiger charge is 2.12. The minimum atomic E-state index is -2.93. The second-order valence-corrected chi connectivity index (χ2v) is 6.98. The fraction of sp³-hybridized carbons (Fsp3) is 1.00. The number of sulfone groups is 1. The fourth-order valence-corrected chi connectivity index (χ4v) is 2.28. The third-order valence-corrected chi connectivity index (χ3v) is 3.59. The Morgan fingerprint density at radius 3 is 2.27 bits per heavy atom. The van der Waals surface area contributed by atoms with E-state index in [0.29, 0.717) is 6.42 Å². The molecule has 1 N–H and O–H groups in total. The van der Waals surface area contributed by atoms with Crippen LogP contribution in [-0.4, -0.2) is 45.7 Å². The molecule has 0 radical (unpaired) electrons. The van der Waals surface area contributed by atoms with Crippen molar-refractivity contribution in [3.63, 3.8) is 0 Å². The lowest BCUT2D eigenvalue weighted by Gasteiger charge is -2.20. The average Bonchev–Trinajstić information content (AvgIpc) is 2.08. The summed E-state index contributed by atoms with van der Waals surface area (Å²) in [6.07, 6.45) is 0.656. The van der Waals surface area contributed by atoms with Crippen LogP contribution in [0.2, 0.25) is 0 Å². The van der Waals surface area contributed by atoms with Crippen LogP contribution in [0.5, 0.6) is 0 Å². The monoisotopic (exact) mass is 237 g/mol. The predicted octanol–water partition coefficient (Wildman–Crippen LogP) is 0.826. The summed E-state index contributed by atoms with van der Waals surface area (Å²) in [5.41, 5.74) is 0.0519. The Balaban J connectivity index is 3.67. The highest BCUT2D eigenvalue weighted by molar-refractivity contribution is 7.91. The van der Waals surface area contributed by atoms with E-state index in [1.165, 1.54) is 7.11 Å². The van der Waals surface area contributed by atoms with Gasteiger partial charge < -0.3 is 10.1 Å². The van der Waals surface area contributed by atoms with E-state index >= 15 is 0 Å². The number of ether oxygens (including phenoxy) is 1. The van der Waals surface area contributed by atoms with Gasteiger partial charge >= 0.3 is 0 Å². The van der Waals surface area contributed by atoms with Crippen LogP contribution in [0.1, 0.15) is 27.2 Å². The maximum Gasteiger partial charge on any atom is 0.152 e. The van der Waals surface area contributed by atoms with E-state index in [1.54, 1.807) is 0 Å². The van der Waals surface area contributed by atoms with E-state index < -0.39 is 9.84 Å². The standard InChI is InChI=1S/C10H23NO3S/c1-10(2,3)11-6-5-8-15(12,13)9-7-14-4/h11H,5-9H2,1-4H3. The highest BCUT2D eigenvalue weighted by atomic mass is 32.2. The average molecular weight is 237 g/mol. The van der Waals surface area contributed by atoms with Gasteiger partial charge in [-0.2, -0.15) is 0 Å². The van der Waals surface area contributed by atoms with Gasteiger partial charge in [-0.25, -0.2) is 8.42 Å². The van der Waals surface area contributed by atoms with E-state index in [1.807, 2.05) is 0 Å².